The van der Waals surface area contributed by atoms with Gasteiger partial charge in [-0.05, 0) is 68.1 Å². The molecule has 1 aliphatic heterocycles. The second-order valence-corrected chi connectivity index (χ2v) is 8.17. The maximum Gasteiger partial charge on any atom is 0.356 e. The summed E-state index contributed by atoms with van der Waals surface area (Å²) in [5, 5.41) is 15.3. The summed E-state index contributed by atoms with van der Waals surface area (Å²) in [6, 6.07) is 16.5. The molecule has 10 nitrogen and oxygen atoms in total. The van der Waals surface area contributed by atoms with E-state index in [-0.39, 0.29) is 17.5 Å². The normalized spacial score (nSPS) is 14.6. The van der Waals surface area contributed by atoms with Crippen LogP contribution in [-0.2, 0) is 16.1 Å². The van der Waals surface area contributed by atoms with Crippen LogP contribution in [0.5, 0.6) is 17.4 Å². The number of nitrogens with one attached hydrogen (secondary N) is 1. The Morgan fingerprint density at radius 3 is 2.46 bits per heavy atom. The molecule has 1 saturated heterocycles. The van der Waals surface area contributed by atoms with Crippen LogP contribution >= 0.6 is 0 Å². The van der Waals surface area contributed by atoms with Gasteiger partial charge in [0.25, 0.3) is 6.47 Å². The highest BCUT2D eigenvalue weighted by atomic mass is 16.6. The first kappa shape index (κ1) is 24.1. The molecule has 1 atom stereocenters. The molecule has 0 aliphatic carbocycles. The van der Waals surface area contributed by atoms with E-state index in [0.29, 0.717) is 31.0 Å². The molecule has 182 valence electrons. The van der Waals surface area contributed by atoms with E-state index in [4.69, 9.17) is 14.2 Å². The monoisotopic (exact) mass is 478 g/mol. The van der Waals surface area contributed by atoms with Crippen LogP contribution in [0.1, 0.15) is 36.6 Å². The molecular formula is C25H26N4O6. The number of hydrogen-bond donors (Lipinski definition) is 1. The third-order valence-corrected chi connectivity index (χ3v) is 5.82. The minimum absolute atomic E-state index is 0.0217. The van der Waals surface area contributed by atoms with E-state index in [1.807, 2.05) is 30.3 Å². The van der Waals surface area contributed by atoms with Crippen LogP contribution in [-0.4, -0.2) is 34.5 Å². The summed E-state index contributed by atoms with van der Waals surface area (Å²) in [5.74, 6) is 1.00. The van der Waals surface area contributed by atoms with Gasteiger partial charge in [-0.15, -0.1) is 0 Å². The topological polar surface area (TPSA) is 126 Å². The Balaban J connectivity index is 1.50. The molecule has 1 N–H and O–H groups in total. The summed E-state index contributed by atoms with van der Waals surface area (Å²) in [7, 11) is 0. The average Bonchev–Trinajstić information content (AvgIpc) is 2.89. The quantitative estimate of drug-likeness (QED) is 0.243. The van der Waals surface area contributed by atoms with Gasteiger partial charge in [0.15, 0.2) is 11.8 Å². The van der Waals surface area contributed by atoms with Gasteiger partial charge >= 0.3 is 11.6 Å². The number of rotatable bonds is 11. The van der Waals surface area contributed by atoms with E-state index in [0.717, 1.165) is 31.5 Å². The molecule has 2 aromatic carbocycles. The Morgan fingerprint density at radius 1 is 1.06 bits per heavy atom. The standard InChI is InChI=1S/C25H26N4O6/c30-17-34-22(14-18-10-12-26-13-11-18)23-24(29(31)32)25(28-16-27-23)35-21-8-6-20(7-9-21)33-15-19-4-2-1-3-5-19/h1-9,16-18,22,26H,10-15H2. The van der Waals surface area contributed by atoms with Gasteiger partial charge in [0.05, 0.1) is 4.92 Å². The van der Waals surface area contributed by atoms with Crippen LogP contribution in [0.25, 0.3) is 0 Å². The lowest BCUT2D eigenvalue weighted by molar-refractivity contribution is -0.387. The van der Waals surface area contributed by atoms with Crippen LogP contribution in [0, 0.1) is 16.0 Å². The fourth-order valence-electron chi connectivity index (χ4n) is 4.03. The third kappa shape index (κ3) is 6.51. The van der Waals surface area contributed by atoms with Gasteiger partial charge in [-0.2, -0.15) is 4.98 Å². The summed E-state index contributed by atoms with van der Waals surface area (Å²) in [4.78, 5) is 30.6. The van der Waals surface area contributed by atoms with Crippen molar-refractivity contribution in [3.8, 4) is 17.4 Å². The number of carbonyl (C=O) groups excluding carboxylic acids is 1. The van der Waals surface area contributed by atoms with Gasteiger partial charge in [-0.25, -0.2) is 4.98 Å². The third-order valence-electron chi connectivity index (χ3n) is 5.82. The van der Waals surface area contributed by atoms with Gasteiger partial charge in [0, 0.05) is 0 Å². The Labute approximate surface area is 202 Å². The van der Waals surface area contributed by atoms with E-state index < -0.39 is 16.7 Å². The molecule has 0 saturated carbocycles. The molecule has 35 heavy (non-hydrogen) atoms. The Bertz CT molecular complexity index is 1120. The maximum absolute atomic E-state index is 12.0. The summed E-state index contributed by atoms with van der Waals surface area (Å²) in [5.41, 5.74) is 0.639. The number of ether oxygens (including phenoxy) is 3. The van der Waals surface area contributed by atoms with E-state index in [9.17, 15) is 14.9 Å². The number of piperidine rings is 1. The van der Waals surface area contributed by atoms with Crippen molar-refractivity contribution in [3.05, 3.63) is 82.3 Å². The number of aromatic nitrogens is 2. The summed E-state index contributed by atoms with van der Waals surface area (Å²) >= 11 is 0. The molecule has 1 fully saturated rings. The predicted octanol–water partition coefficient (Wildman–Crippen LogP) is 4.36. The van der Waals surface area contributed by atoms with Crippen LogP contribution < -0.4 is 14.8 Å². The zero-order valence-electron chi connectivity index (χ0n) is 19.0. The smallest absolute Gasteiger partial charge is 0.356 e. The van der Waals surface area contributed by atoms with Crippen LogP contribution in [0.4, 0.5) is 5.69 Å². The van der Waals surface area contributed by atoms with Gasteiger partial charge in [0.1, 0.15) is 24.4 Å². The summed E-state index contributed by atoms with van der Waals surface area (Å²) in [6.07, 6.45) is 2.53. The molecule has 1 aliphatic rings. The summed E-state index contributed by atoms with van der Waals surface area (Å²) < 4.78 is 16.7. The van der Waals surface area contributed by atoms with Crippen molar-refractivity contribution in [2.24, 2.45) is 5.92 Å². The van der Waals surface area contributed by atoms with Crippen molar-refractivity contribution in [1.82, 2.24) is 15.3 Å². The van der Waals surface area contributed by atoms with Crippen LogP contribution in [0.2, 0.25) is 0 Å². The average molecular weight is 479 g/mol. The summed E-state index contributed by atoms with van der Waals surface area (Å²) in [6.45, 7) is 2.41. The van der Waals surface area contributed by atoms with Crippen LogP contribution in [0.3, 0.4) is 0 Å². The lowest BCUT2D eigenvalue weighted by atomic mass is 9.90. The predicted molar refractivity (Wildman–Crippen MR) is 126 cm³/mol. The van der Waals surface area contributed by atoms with Gasteiger partial charge in [0.2, 0.25) is 0 Å². The molecule has 10 heteroatoms. The lowest BCUT2D eigenvalue weighted by Gasteiger charge is -2.25. The SMILES string of the molecule is O=COC(CC1CCNCC1)c1ncnc(Oc2ccc(OCc3ccccc3)cc2)c1[N+](=O)[O-]. The van der Waals surface area contributed by atoms with E-state index in [1.54, 1.807) is 24.3 Å². The van der Waals surface area contributed by atoms with E-state index in [1.165, 1.54) is 6.33 Å². The number of hydrogen-bond acceptors (Lipinski definition) is 9. The largest absolute Gasteiger partial charge is 0.489 e. The molecule has 3 aromatic rings. The van der Waals surface area contributed by atoms with Crippen molar-refractivity contribution in [2.75, 3.05) is 13.1 Å². The van der Waals surface area contributed by atoms with Crippen molar-refractivity contribution in [1.29, 1.82) is 0 Å². The second kappa shape index (κ2) is 11.9. The lowest BCUT2D eigenvalue weighted by Crippen LogP contribution is -2.29. The van der Waals surface area contributed by atoms with Gasteiger partial charge < -0.3 is 19.5 Å². The van der Waals surface area contributed by atoms with Gasteiger partial charge in [-0.1, -0.05) is 30.3 Å². The fourth-order valence-corrected chi connectivity index (χ4v) is 4.03. The minimum Gasteiger partial charge on any atom is -0.489 e. The van der Waals surface area contributed by atoms with Gasteiger partial charge in [-0.3, -0.25) is 14.9 Å². The molecular weight excluding hydrogens is 452 g/mol. The molecule has 4 rings (SSSR count). The molecule has 1 aromatic heterocycles. The highest BCUT2D eigenvalue weighted by Gasteiger charge is 2.33. The highest BCUT2D eigenvalue weighted by Crippen LogP contribution is 2.38. The fraction of sp³-hybridized carbons (Fsp3) is 0.320. The van der Waals surface area contributed by atoms with E-state index in [2.05, 4.69) is 15.3 Å². The number of carbonyl (C=O) groups is 1. The molecule has 0 spiro atoms. The van der Waals surface area contributed by atoms with Crippen LogP contribution in [0.15, 0.2) is 60.9 Å². The second-order valence-electron chi connectivity index (χ2n) is 8.17. The molecule has 2 heterocycles. The Hall–Kier alpha value is -4.05. The van der Waals surface area contributed by atoms with Crippen molar-refractivity contribution in [2.45, 2.75) is 32.0 Å². The molecule has 0 amide bonds. The number of nitro groups is 1. The van der Waals surface area contributed by atoms with E-state index >= 15 is 0 Å². The first-order chi connectivity index (χ1) is 17.1. The number of nitrogens with zero attached hydrogens (tertiary/aromatic N) is 3. The first-order valence-corrected chi connectivity index (χ1v) is 11.4. The van der Waals surface area contributed by atoms with Crippen molar-refractivity contribution < 1.29 is 23.9 Å². The zero-order chi connectivity index (χ0) is 24.5. The Morgan fingerprint density at radius 2 is 1.77 bits per heavy atom. The number of benzene rings is 2. The molecule has 0 radical (unpaired) electrons. The minimum atomic E-state index is -0.866. The highest BCUT2D eigenvalue weighted by molar-refractivity contribution is 5.49. The van der Waals surface area contributed by atoms with Crippen molar-refractivity contribution in [3.63, 3.8) is 0 Å². The molecule has 1 unspecified atom stereocenters. The maximum atomic E-state index is 12.0. The Kier molecular flexibility index (Phi) is 8.18. The molecule has 0 bridgehead atoms. The first-order valence-electron chi connectivity index (χ1n) is 11.4. The zero-order valence-corrected chi connectivity index (χ0v) is 19.0. The van der Waals surface area contributed by atoms with Crippen molar-refractivity contribution >= 4 is 12.2 Å².